The van der Waals surface area contributed by atoms with Gasteiger partial charge in [0.1, 0.15) is 6.61 Å². The van der Waals surface area contributed by atoms with Crippen molar-refractivity contribution in [1.29, 1.82) is 0 Å². The molecule has 1 aliphatic heterocycles. The van der Waals surface area contributed by atoms with Crippen molar-refractivity contribution in [2.24, 2.45) is 23.7 Å². The van der Waals surface area contributed by atoms with E-state index in [0.29, 0.717) is 24.4 Å². The topological polar surface area (TPSA) is 46.6 Å². The lowest BCUT2D eigenvalue weighted by Crippen LogP contribution is -2.44. The van der Waals surface area contributed by atoms with E-state index in [9.17, 15) is 9.59 Å². The van der Waals surface area contributed by atoms with Gasteiger partial charge in [0.25, 0.3) is 0 Å². The van der Waals surface area contributed by atoms with Crippen molar-refractivity contribution in [2.45, 2.75) is 26.3 Å². The molecule has 1 saturated heterocycles. The molecule has 2 aliphatic carbocycles. The molecule has 0 aromatic rings. The molecular weight excluding hydrogens is 218 g/mol. The lowest BCUT2D eigenvalue weighted by molar-refractivity contribution is -0.135. The van der Waals surface area contributed by atoms with E-state index >= 15 is 0 Å². The zero-order chi connectivity index (χ0) is 12.2. The third-order valence-electron chi connectivity index (χ3n) is 4.46. The lowest BCUT2D eigenvalue weighted by atomic mass is 9.83. The highest BCUT2D eigenvalue weighted by molar-refractivity contribution is 5.95. The summed E-state index contributed by atoms with van der Waals surface area (Å²) < 4.78 is 4.92. The Labute approximate surface area is 101 Å². The summed E-state index contributed by atoms with van der Waals surface area (Å²) in [5.74, 6) is 1.12. The number of rotatable bonds is 1. The highest BCUT2D eigenvalue weighted by Crippen LogP contribution is 2.48. The van der Waals surface area contributed by atoms with Crippen LogP contribution in [0.4, 0.5) is 4.79 Å². The van der Waals surface area contributed by atoms with E-state index in [1.165, 1.54) is 4.90 Å². The Morgan fingerprint density at radius 1 is 1.35 bits per heavy atom. The predicted octanol–water partition coefficient (Wildman–Crippen LogP) is 1.81. The molecule has 0 spiro atoms. The minimum atomic E-state index is -0.471. The van der Waals surface area contributed by atoms with Crippen LogP contribution in [0.3, 0.4) is 0 Å². The van der Waals surface area contributed by atoms with Gasteiger partial charge in [-0.15, -0.1) is 0 Å². The number of carbonyl (C=O) groups excluding carboxylic acids is 2. The van der Waals surface area contributed by atoms with Gasteiger partial charge in [-0.05, 0) is 31.1 Å². The first kappa shape index (κ1) is 10.8. The van der Waals surface area contributed by atoms with E-state index in [1.807, 2.05) is 6.92 Å². The Bertz CT molecular complexity index is 403. The minimum absolute atomic E-state index is 0.0295. The molecule has 5 unspecified atom stereocenters. The number of amides is 2. The fraction of sp³-hybridized carbons (Fsp3) is 0.692. The summed E-state index contributed by atoms with van der Waals surface area (Å²) in [7, 11) is 0. The lowest BCUT2D eigenvalue weighted by Gasteiger charge is -2.28. The van der Waals surface area contributed by atoms with Gasteiger partial charge in [0.05, 0.1) is 6.04 Å². The molecule has 1 saturated carbocycles. The second-order valence-corrected chi connectivity index (χ2v) is 5.47. The molecule has 3 aliphatic rings. The van der Waals surface area contributed by atoms with Crippen molar-refractivity contribution >= 4 is 12.0 Å². The minimum Gasteiger partial charge on any atom is -0.447 e. The average molecular weight is 235 g/mol. The largest absolute Gasteiger partial charge is 0.447 e. The molecule has 4 heteroatoms. The quantitative estimate of drug-likeness (QED) is 0.651. The average Bonchev–Trinajstić information content (AvgIpc) is 2.93. The summed E-state index contributed by atoms with van der Waals surface area (Å²) >= 11 is 0. The zero-order valence-corrected chi connectivity index (χ0v) is 10.1. The second-order valence-electron chi connectivity index (χ2n) is 5.47. The number of carbonyl (C=O) groups is 2. The monoisotopic (exact) mass is 235 g/mol. The SMILES string of the molecule is CC1C2C=CC(C2)C1C(=O)N1C(=O)OCC1C. The van der Waals surface area contributed by atoms with E-state index in [1.54, 1.807) is 0 Å². The fourth-order valence-electron chi connectivity index (χ4n) is 3.46. The molecule has 2 fully saturated rings. The molecule has 92 valence electrons. The van der Waals surface area contributed by atoms with Gasteiger partial charge in [-0.3, -0.25) is 4.79 Å². The molecule has 0 N–H and O–H groups in total. The van der Waals surface area contributed by atoms with Crippen LogP contribution in [-0.2, 0) is 9.53 Å². The van der Waals surface area contributed by atoms with Gasteiger partial charge >= 0.3 is 6.09 Å². The van der Waals surface area contributed by atoms with Gasteiger partial charge in [0.2, 0.25) is 5.91 Å². The summed E-state index contributed by atoms with van der Waals surface area (Å²) in [6, 6.07) is -0.120. The zero-order valence-electron chi connectivity index (χ0n) is 10.1. The third-order valence-corrected chi connectivity index (χ3v) is 4.46. The molecule has 17 heavy (non-hydrogen) atoms. The van der Waals surface area contributed by atoms with Crippen molar-refractivity contribution in [3.8, 4) is 0 Å². The maximum atomic E-state index is 12.5. The van der Waals surface area contributed by atoms with Crippen LogP contribution in [0.5, 0.6) is 0 Å². The van der Waals surface area contributed by atoms with Crippen molar-refractivity contribution in [3.63, 3.8) is 0 Å². The van der Waals surface area contributed by atoms with E-state index in [-0.39, 0.29) is 17.9 Å². The second kappa shape index (κ2) is 3.59. The maximum Gasteiger partial charge on any atom is 0.416 e. The number of cyclic esters (lactones) is 1. The Morgan fingerprint density at radius 2 is 2.06 bits per heavy atom. The van der Waals surface area contributed by atoms with Crippen LogP contribution in [0.1, 0.15) is 20.3 Å². The summed E-state index contributed by atoms with van der Waals surface area (Å²) in [4.78, 5) is 25.3. The van der Waals surface area contributed by atoms with Crippen LogP contribution in [0.25, 0.3) is 0 Å². The molecule has 2 amide bonds. The predicted molar refractivity (Wildman–Crippen MR) is 61.0 cm³/mol. The van der Waals surface area contributed by atoms with Crippen LogP contribution in [0.2, 0.25) is 0 Å². The molecule has 3 rings (SSSR count). The third kappa shape index (κ3) is 1.43. The van der Waals surface area contributed by atoms with Crippen molar-refractivity contribution < 1.29 is 14.3 Å². The first-order valence-electron chi connectivity index (χ1n) is 6.27. The highest BCUT2D eigenvalue weighted by Gasteiger charge is 2.50. The molecule has 1 heterocycles. The summed E-state index contributed by atoms with van der Waals surface area (Å²) in [5.41, 5.74) is 0. The number of hydrogen-bond donors (Lipinski definition) is 0. The maximum absolute atomic E-state index is 12.5. The van der Waals surface area contributed by atoms with Gasteiger partial charge < -0.3 is 4.74 Å². The van der Waals surface area contributed by atoms with E-state index in [2.05, 4.69) is 19.1 Å². The molecule has 0 aromatic carbocycles. The Balaban J connectivity index is 1.83. The standard InChI is InChI=1S/C13H17NO3/c1-7-6-17-13(16)14(7)12(15)11-8(2)9-3-4-10(11)5-9/h3-4,7-11H,5-6H2,1-2H3. The van der Waals surface area contributed by atoms with Crippen molar-refractivity contribution in [1.82, 2.24) is 4.90 Å². The van der Waals surface area contributed by atoms with Crippen molar-refractivity contribution in [3.05, 3.63) is 12.2 Å². The molecular formula is C13H17NO3. The first-order chi connectivity index (χ1) is 8.09. The van der Waals surface area contributed by atoms with Crippen molar-refractivity contribution in [2.75, 3.05) is 6.61 Å². The fourth-order valence-corrected chi connectivity index (χ4v) is 3.46. The van der Waals surface area contributed by atoms with Crippen LogP contribution < -0.4 is 0 Å². The van der Waals surface area contributed by atoms with Crippen LogP contribution in [-0.4, -0.2) is 29.5 Å². The van der Waals surface area contributed by atoms with Gasteiger partial charge in [-0.25, -0.2) is 9.69 Å². The molecule has 2 bridgehead atoms. The number of nitrogens with zero attached hydrogens (tertiary/aromatic N) is 1. The Kier molecular flexibility index (Phi) is 2.28. The van der Waals surface area contributed by atoms with Gasteiger partial charge in [0, 0.05) is 5.92 Å². The number of imide groups is 1. The molecule has 0 radical (unpaired) electrons. The number of fused-ring (bicyclic) bond motifs is 2. The number of hydrogen-bond acceptors (Lipinski definition) is 3. The van der Waals surface area contributed by atoms with E-state index < -0.39 is 6.09 Å². The molecule has 5 atom stereocenters. The molecule has 4 nitrogen and oxygen atoms in total. The van der Waals surface area contributed by atoms with E-state index in [0.717, 1.165) is 6.42 Å². The van der Waals surface area contributed by atoms with Gasteiger partial charge in [0.15, 0.2) is 0 Å². The Morgan fingerprint density at radius 3 is 2.59 bits per heavy atom. The van der Waals surface area contributed by atoms with Crippen LogP contribution >= 0.6 is 0 Å². The van der Waals surface area contributed by atoms with E-state index in [4.69, 9.17) is 4.74 Å². The summed E-state index contributed by atoms with van der Waals surface area (Å²) in [5, 5.41) is 0. The highest BCUT2D eigenvalue weighted by atomic mass is 16.6. The molecule has 0 aromatic heterocycles. The first-order valence-corrected chi connectivity index (χ1v) is 6.27. The smallest absolute Gasteiger partial charge is 0.416 e. The normalized spacial score (nSPS) is 43.3. The van der Waals surface area contributed by atoms with Crippen LogP contribution in [0, 0.1) is 23.7 Å². The Hall–Kier alpha value is -1.32. The summed E-state index contributed by atoms with van der Waals surface area (Å²) in [6.07, 6.45) is 4.94. The van der Waals surface area contributed by atoms with Gasteiger partial charge in [-0.1, -0.05) is 19.1 Å². The van der Waals surface area contributed by atoms with Gasteiger partial charge in [-0.2, -0.15) is 0 Å². The number of ether oxygens (including phenoxy) is 1. The number of allylic oxidation sites excluding steroid dienone is 2. The summed E-state index contributed by atoms with van der Waals surface area (Å²) in [6.45, 7) is 4.30. The van der Waals surface area contributed by atoms with Crippen LogP contribution in [0.15, 0.2) is 12.2 Å².